The van der Waals surface area contributed by atoms with E-state index in [1.54, 1.807) is 24.4 Å². The number of rotatable bonds is 8. The topological polar surface area (TPSA) is 83.8 Å². The van der Waals surface area contributed by atoms with Crippen molar-refractivity contribution in [1.29, 1.82) is 0 Å². The lowest BCUT2D eigenvalue weighted by atomic mass is 10.1. The molecule has 7 nitrogen and oxygen atoms in total. The van der Waals surface area contributed by atoms with Gasteiger partial charge in [0.2, 0.25) is 0 Å². The summed E-state index contributed by atoms with van der Waals surface area (Å²) >= 11 is 12.2. The maximum Gasteiger partial charge on any atom is 0.264 e. The summed E-state index contributed by atoms with van der Waals surface area (Å²) in [6, 6.07) is 20.4. The van der Waals surface area contributed by atoms with E-state index in [0.29, 0.717) is 0 Å². The highest BCUT2D eigenvalue weighted by atomic mass is 35.5. The maximum absolute atomic E-state index is 13.5. The molecule has 0 spiro atoms. The third-order valence-corrected chi connectivity index (χ3v) is 8.86. The van der Waals surface area contributed by atoms with Crippen molar-refractivity contribution in [3.63, 3.8) is 0 Å². The summed E-state index contributed by atoms with van der Waals surface area (Å²) in [7, 11) is -4.09. The summed E-state index contributed by atoms with van der Waals surface area (Å²) in [6.45, 7) is 7.61. The molecule has 0 unspecified atom stereocenters. The van der Waals surface area contributed by atoms with Gasteiger partial charge in [0, 0.05) is 17.0 Å². The van der Waals surface area contributed by atoms with Crippen LogP contribution in [0.3, 0.4) is 0 Å². The summed E-state index contributed by atoms with van der Waals surface area (Å²) in [5, 5.41) is 4.56. The Morgan fingerprint density at radius 2 is 1.59 bits per heavy atom. The number of hydrogen-bond donors (Lipinski definition) is 1. The number of para-hydroxylation sites is 1. The van der Waals surface area contributed by atoms with E-state index < -0.39 is 22.5 Å². The Balaban J connectivity index is 1.58. The van der Waals surface area contributed by atoms with Gasteiger partial charge in [0.05, 0.1) is 32.5 Å². The molecule has 0 saturated carbocycles. The number of benzene rings is 3. The summed E-state index contributed by atoms with van der Waals surface area (Å²) in [5.41, 5.74) is 8.88. The number of carbonyl (C=O) groups is 1. The molecule has 0 bridgehead atoms. The average molecular weight is 584 g/mol. The first kappa shape index (κ1) is 28.4. The zero-order valence-corrected chi connectivity index (χ0v) is 24.3. The lowest BCUT2D eigenvalue weighted by Crippen LogP contribution is -2.39. The van der Waals surface area contributed by atoms with Crippen molar-refractivity contribution in [1.82, 2.24) is 9.99 Å². The van der Waals surface area contributed by atoms with Crippen molar-refractivity contribution in [2.75, 3.05) is 10.8 Å². The molecule has 0 aliphatic heterocycles. The number of nitrogens with zero attached hydrogens (tertiary/aromatic N) is 3. The monoisotopic (exact) mass is 582 g/mol. The molecule has 0 radical (unpaired) electrons. The van der Waals surface area contributed by atoms with E-state index >= 15 is 0 Å². The number of hydrogen-bond acceptors (Lipinski definition) is 4. The van der Waals surface area contributed by atoms with E-state index in [-0.39, 0.29) is 20.6 Å². The maximum atomic E-state index is 13.5. The molecule has 1 heterocycles. The molecule has 1 amide bonds. The summed E-state index contributed by atoms with van der Waals surface area (Å²) < 4.78 is 30.1. The van der Waals surface area contributed by atoms with Gasteiger partial charge in [-0.15, -0.1) is 0 Å². The van der Waals surface area contributed by atoms with Crippen LogP contribution in [0.1, 0.15) is 28.1 Å². The van der Waals surface area contributed by atoms with Crippen LogP contribution in [0.15, 0.2) is 82.8 Å². The number of aromatic nitrogens is 1. The van der Waals surface area contributed by atoms with Crippen LogP contribution < -0.4 is 9.73 Å². The summed E-state index contributed by atoms with van der Waals surface area (Å²) in [5.74, 6) is -0.625. The number of amides is 1. The van der Waals surface area contributed by atoms with E-state index in [2.05, 4.69) is 41.1 Å². The molecule has 39 heavy (non-hydrogen) atoms. The highest BCUT2D eigenvalue weighted by Crippen LogP contribution is 2.30. The number of halogens is 2. The second kappa shape index (κ2) is 11.7. The van der Waals surface area contributed by atoms with Gasteiger partial charge in [-0.3, -0.25) is 9.10 Å². The summed E-state index contributed by atoms with van der Waals surface area (Å²) in [6.07, 6.45) is 1.56. The molecular weight excluding hydrogens is 555 g/mol. The largest absolute Gasteiger partial charge is 0.317 e. The molecule has 0 saturated heterocycles. The average Bonchev–Trinajstić information content (AvgIpc) is 3.17. The lowest BCUT2D eigenvalue weighted by Gasteiger charge is -2.24. The minimum Gasteiger partial charge on any atom is -0.317 e. The first-order valence-corrected chi connectivity index (χ1v) is 14.3. The zero-order chi connectivity index (χ0) is 28.3. The van der Waals surface area contributed by atoms with Gasteiger partial charge in [-0.05, 0) is 75.2 Å². The molecule has 10 heteroatoms. The fourth-order valence-corrected chi connectivity index (χ4v) is 6.16. The van der Waals surface area contributed by atoms with E-state index in [4.69, 9.17) is 23.2 Å². The Morgan fingerprint density at radius 3 is 2.23 bits per heavy atom. The van der Waals surface area contributed by atoms with E-state index in [9.17, 15) is 13.2 Å². The van der Waals surface area contributed by atoms with Gasteiger partial charge in [-0.25, -0.2) is 13.8 Å². The first-order chi connectivity index (χ1) is 18.5. The summed E-state index contributed by atoms with van der Waals surface area (Å²) in [4.78, 5) is 13.0. The number of carbonyl (C=O) groups excluding carboxylic acids is 1. The van der Waals surface area contributed by atoms with Crippen LogP contribution >= 0.6 is 23.2 Å². The van der Waals surface area contributed by atoms with E-state index in [1.807, 2.05) is 26.0 Å². The van der Waals surface area contributed by atoms with Crippen molar-refractivity contribution < 1.29 is 13.2 Å². The van der Waals surface area contributed by atoms with Gasteiger partial charge in [0.25, 0.3) is 15.9 Å². The number of nitrogens with one attached hydrogen (secondary N) is 1. The number of sulfonamides is 1. The minimum absolute atomic E-state index is 0.0336. The predicted molar refractivity (Wildman–Crippen MR) is 158 cm³/mol. The van der Waals surface area contributed by atoms with Crippen LogP contribution in [0.4, 0.5) is 5.69 Å². The van der Waals surface area contributed by atoms with Gasteiger partial charge < -0.3 is 4.57 Å². The lowest BCUT2D eigenvalue weighted by molar-refractivity contribution is -0.119. The van der Waals surface area contributed by atoms with Crippen LogP contribution in [-0.4, -0.2) is 31.7 Å². The Morgan fingerprint density at radius 1 is 0.923 bits per heavy atom. The highest BCUT2D eigenvalue weighted by Gasteiger charge is 2.27. The third kappa shape index (κ3) is 6.03. The van der Waals surface area contributed by atoms with Gasteiger partial charge in [0.1, 0.15) is 6.54 Å². The number of hydrazone groups is 1. The minimum atomic E-state index is -4.09. The molecule has 0 atom stereocenters. The number of anilines is 1. The molecular formula is C29H28Cl2N4O3S. The van der Waals surface area contributed by atoms with Gasteiger partial charge in [0.15, 0.2) is 0 Å². The predicted octanol–water partition coefficient (Wildman–Crippen LogP) is 6.36. The quantitative estimate of drug-likeness (QED) is 0.194. The smallest absolute Gasteiger partial charge is 0.264 e. The molecule has 3 aromatic carbocycles. The molecule has 0 aliphatic rings. The van der Waals surface area contributed by atoms with Gasteiger partial charge in [-0.1, -0.05) is 59.6 Å². The van der Waals surface area contributed by atoms with Crippen molar-refractivity contribution in [3.05, 3.63) is 111 Å². The van der Waals surface area contributed by atoms with Crippen LogP contribution in [-0.2, 0) is 14.8 Å². The Bertz CT molecular complexity index is 1650. The van der Waals surface area contributed by atoms with Crippen molar-refractivity contribution in [2.24, 2.45) is 5.10 Å². The van der Waals surface area contributed by atoms with E-state index in [1.165, 1.54) is 30.3 Å². The number of aryl methyl sites for hydroxylation is 3. The Labute approximate surface area is 238 Å². The van der Waals surface area contributed by atoms with E-state index in [0.717, 1.165) is 38.1 Å². The molecule has 202 valence electrons. The van der Waals surface area contributed by atoms with Crippen LogP contribution in [0, 0.1) is 27.7 Å². The van der Waals surface area contributed by atoms with Gasteiger partial charge >= 0.3 is 0 Å². The third-order valence-electron chi connectivity index (χ3n) is 6.34. The normalized spacial score (nSPS) is 11.6. The second-order valence-corrected chi connectivity index (χ2v) is 11.8. The molecule has 1 aromatic heterocycles. The molecule has 4 rings (SSSR count). The van der Waals surface area contributed by atoms with Crippen LogP contribution in [0.25, 0.3) is 5.69 Å². The molecule has 0 fully saturated rings. The van der Waals surface area contributed by atoms with Crippen LogP contribution in [0.2, 0.25) is 10.0 Å². The van der Waals surface area contributed by atoms with Crippen molar-refractivity contribution in [3.8, 4) is 5.69 Å². The molecule has 4 aromatic rings. The van der Waals surface area contributed by atoms with Crippen LogP contribution in [0.5, 0.6) is 0 Å². The highest BCUT2D eigenvalue weighted by molar-refractivity contribution is 7.92. The fourth-order valence-electron chi connectivity index (χ4n) is 4.44. The standard InChI is InChI=1S/C29H28Cl2N4O3S/c1-19-9-8-10-20(2)29(19)35-21(3)15-23(22(35)4)17-32-33-28(36)18-34(24-13-14-26(30)27(31)16-24)39(37,38)25-11-6-5-7-12-25/h5-17H,18H2,1-4H3,(H,33,36)/b32-17-. The molecule has 0 aliphatic carbocycles. The SMILES string of the molecule is Cc1cccc(C)c1-n1c(C)cc(/C=N\NC(=O)CN(c2ccc(Cl)c(Cl)c2)S(=O)(=O)c2ccccc2)c1C. The second-order valence-electron chi connectivity index (χ2n) is 9.12. The zero-order valence-electron chi connectivity index (χ0n) is 21.9. The first-order valence-electron chi connectivity index (χ1n) is 12.1. The van der Waals surface area contributed by atoms with Crippen molar-refractivity contribution >= 4 is 51.0 Å². The van der Waals surface area contributed by atoms with Gasteiger partial charge in [-0.2, -0.15) is 5.10 Å². The Hall–Kier alpha value is -3.59. The molecule has 1 N–H and O–H groups in total. The van der Waals surface area contributed by atoms with Crippen molar-refractivity contribution in [2.45, 2.75) is 32.6 Å². The Kier molecular flexibility index (Phi) is 8.49. The fraction of sp³-hybridized carbons (Fsp3) is 0.172.